The number of hydrogen-bond acceptors (Lipinski definition) is 3. The first-order chi connectivity index (χ1) is 8.48. The van der Waals surface area contributed by atoms with Gasteiger partial charge in [0, 0.05) is 25.5 Å². The number of anilines is 1. The van der Waals surface area contributed by atoms with Crippen molar-refractivity contribution in [2.24, 2.45) is 5.92 Å². The van der Waals surface area contributed by atoms with Crippen molar-refractivity contribution >= 4 is 5.82 Å². The lowest BCUT2D eigenvalue weighted by atomic mass is 9.81. The highest BCUT2D eigenvalue weighted by atomic mass is 19.3. The summed E-state index contributed by atoms with van der Waals surface area (Å²) >= 11 is 0. The summed E-state index contributed by atoms with van der Waals surface area (Å²) in [6, 6.07) is 3.50. The summed E-state index contributed by atoms with van der Waals surface area (Å²) in [7, 11) is 0. The summed E-state index contributed by atoms with van der Waals surface area (Å²) in [4.78, 5) is 3.92. The summed E-state index contributed by atoms with van der Waals surface area (Å²) in [5.41, 5.74) is 6.40. The molecule has 0 spiro atoms. The van der Waals surface area contributed by atoms with Crippen LogP contribution < -0.4 is 5.73 Å². The van der Waals surface area contributed by atoms with E-state index in [2.05, 4.69) is 4.98 Å². The molecule has 0 radical (unpaired) electrons. The smallest absolute Gasteiger partial charge is 0.248 e. The lowest BCUT2D eigenvalue weighted by Crippen LogP contribution is -2.34. The third-order valence-corrected chi connectivity index (χ3v) is 3.58. The Morgan fingerprint density at radius 3 is 3.00 bits per heavy atom. The van der Waals surface area contributed by atoms with Gasteiger partial charge in [0.05, 0.1) is 6.10 Å². The van der Waals surface area contributed by atoms with Gasteiger partial charge in [-0.15, -0.1) is 0 Å². The van der Waals surface area contributed by atoms with Gasteiger partial charge in [0.1, 0.15) is 5.82 Å². The fourth-order valence-electron chi connectivity index (χ4n) is 2.55. The SMILES string of the molecule is Nc1ncccc1CC(O)C1CCCC(F)(F)C1. The molecular weight excluding hydrogens is 238 g/mol. The van der Waals surface area contributed by atoms with Crippen molar-refractivity contribution in [3.63, 3.8) is 0 Å². The first-order valence-electron chi connectivity index (χ1n) is 6.23. The molecule has 2 atom stereocenters. The Kier molecular flexibility index (Phi) is 3.80. The van der Waals surface area contributed by atoms with E-state index in [-0.39, 0.29) is 18.8 Å². The maximum absolute atomic E-state index is 13.3. The first-order valence-corrected chi connectivity index (χ1v) is 6.23. The van der Waals surface area contributed by atoms with Crippen LogP contribution in [0.25, 0.3) is 0 Å². The van der Waals surface area contributed by atoms with Gasteiger partial charge < -0.3 is 10.8 Å². The van der Waals surface area contributed by atoms with Crippen LogP contribution in [0.4, 0.5) is 14.6 Å². The van der Waals surface area contributed by atoms with Crippen LogP contribution >= 0.6 is 0 Å². The molecule has 18 heavy (non-hydrogen) atoms. The minimum atomic E-state index is -2.63. The average Bonchev–Trinajstić information content (AvgIpc) is 2.31. The fraction of sp³-hybridized carbons (Fsp3) is 0.615. The summed E-state index contributed by atoms with van der Waals surface area (Å²) < 4.78 is 26.6. The highest BCUT2D eigenvalue weighted by Crippen LogP contribution is 2.38. The summed E-state index contributed by atoms with van der Waals surface area (Å²) in [6.45, 7) is 0. The van der Waals surface area contributed by atoms with Crippen molar-refractivity contribution in [2.45, 2.75) is 44.1 Å². The number of aliphatic hydroxyl groups excluding tert-OH is 1. The highest BCUT2D eigenvalue weighted by molar-refractivity contribution is 5.38. The summed E-state index contributed by atoms with van der Waals surface area (Å²) in [5, 5.41) is 10.1. The molecule has 0 saturated heterocycles. The van der Waals surface area contributed by atoms with Gasteiger partial charge in [-0.25, -0.2) is 13.8 Å². The Labute approximate surface area is 105 Å². The van der Waals surface area contributed by atoms with Crippen LogP contribution in [-0.4, -0.2) is 22.1 Å². The van der Waals surface area contributed by atoms with Gasteiger partial charge in [0.15, 0.2) is 0 Å². The first kappa shape index (κ1) is 13.2. The minimum absolute atomic E-state index is 0.0642. The van der Waals surface area contributed by atoms with E-state index in [1.165, 1.54) is 0 Å². The van der Waals surface area contributed by atoms with E-state index < -0.39 is 12.0 Å². The molecular formula is C13H18F2N2O. The number of pyridine rings is 1. The number of nitrogens with two attached hydrogens (primary N) is 1. The number of halogens is 2. The molecule has 1 aliphatic carbocycles. The molecule has 5 heteroatoms. The molecule has 1 aliphatic rings. The van der Waals surface area contributed by atoms with E-state index in [0.29, 0.717) is 25.1 Å². The zero-order valence-corrected chi connectivity index (χ0v) is 10.1. The molecule has 1 fully saturated rings. The summed E-state index contributed by atoms with van der Waals surface area (Å²) in [5.74, 6) is -2.63. The number of rotatable bonds is 3. The van der Waals surface area contributed by atoms with Crippen LogP contribution in [0.2, 0.25) is 0 Å². The molecule has 1 saturated carbocycles. The molecule has 2 unspecified atom stereocenters. The zero-order chi connectivity index (χ0) is 13.2. The Hall–Kier alpha value is -1.23. The minimum Gasteiger partial charge on any atom is -0.392 e. The lowest BCUT2D eigenvalue weighted by Gasteiger charge is -2.32. The third kappa shape index (κ3) is 3.16. The normalized spacial score (nSPS) is 24.7. The van der Waals surface area contributed by atoms with Crippen molar-refractivity contribution in [3.8, 4) is 0 Å². The summed E-state index contributed by atoms with van der Waals surface area (Å²) in [6.07, 6.45) is 1.91. The maximum atomic E-state index is 13.3. The van der Waals surface area contributed by atoms with Gasteiger partial charge in [0.2, 0.25) is 5.92 Å². The molecule has 3 nitrogen and oxygen atoms in total. The van der Waals surface area contributed by atoms with Gasteiger partial charge in [-0.3, -0.25) is 0 Å². The molecule has 0 aromatic carbocycles. The Bertz CT molecular complexity index is 412. The van der Waals surface area contributed by atoms with Crippen LogP contribution in [-0.2, 0) is 6.42 Å². The number of nitrogens with zero attached hydrogens (tertiary/aromatic N) is 1. The molecule has 1 aromatic heterocycles. The van der Waals surface area contributed by atoms with Crippen molar-refractivity contribution in [3.05, 3.63) is 23.9 Å². The zero-order valence-electron chi connectivity index (χ0n) is 10.1. The van der Waals surface area contributed by atoms with Crippen LogP contribution in [0.3, 0.4) is 0 Å². The second-order valence-corrected chi connectivity index (χ2v) is 5.03. The predicted octanol–water partition coefficient (Wildman–Crippen LogP) is 2.39. The standard InChI is InChI=1S/C13H18F2N2O/c14-13(15)5-1-3-10(8-13)11(18)7-9-4-2-6-17-12(9)16/h2,4,6,10-11,18H,1,3,5,7-8H2,(H2,16,17). The van der Waals surface area contributed by atoms with E-state index in [0.717, 1.165) is 5.56 Å². The molecule has 100 valence electrons. The Morgan fingerprint density at radius 2 is 2.33 bits per heavy atom. The van der Waals surface area contributed by atoms with Crippen molar-refractivity contribution < 1.29 is 13.9 Å². The van der Waals surface area contributed by atoms with E-state index in [1.807, 2.05) is 0 Å². The average molecular weight is 256 g/mol. The van der Waals surface area contributed by atoms with E-state index in [4.69, 9.17) is 5.73 Å². The fourth-order valence-corrected chi connectivity index (χ4v) is 2.55. The molecule has 0 bridgehead atoms. The van der Waals surface area contributed by atoms with Gasteiger partial charge >= 0.3 is 0 Å². The van der Waals surface area contributed by atoms with E-state index >= 15 is 0 Å². The van der Waals surface area contributed by atoms with Crippen molar-refractivity contribution in [1.29, 1.82) is 0 Å². The van der Waals surface area contributed by atoms with Gasteiger partial charge in [-0.1, -0.05) is 6.07 Å². The van der Waals surface area contributed by atoms with Crippen LogP contribution in [0, 0.1) is 5.92 Å². The van der Waals surface area contributed by atoms with E-state index in [9.17, 15) is 13.9 Å². The van der Waals surface area contributed by atoms with E-state index in [1.54, 1.807) is 18.3 Å². The van der Waals surface area contributed by atoms with Gasteiger partial charge in [-0.2, -0.15) is 0 Å². The number of aliphatic hydroxyl groups is 1. The van der Waals surface area contributed by atoms with Gasteiger partial charge in [-0.05, 0) is 30.4 Å². The van der Waals surface area contributed by atoms with Gasteiger partial charge in [0.25, 0.3) is 0 Å². The molecule has 0 aliphatic heterocycles. The molecule has 3 N–H and O–H groups in total. The topological polar surface area (TPSA) is 59.1 Å². The Balaban J connectivity index is 2.00. The maximum Gasteiger partial charge on any atom is 0.248 e. The molecule has 0 amide bonds. The monoisotopic (exact) mass is 256 g/mol. The molecule has 1 aromatic rings. The number of alkyl halides is 2. The van der Waals surface area contributed by atoms with Crippen LogP contribution in [0.15, 0.2) is 18.3 Å². The van der Waals surface area contributed by atoms with Crippen molar-refractivity contribution in [2.75, 3.05) is 5.73 Å². The van der Waals surface area contributed by atoms with Crippen LogP contribution in [0.5, 0.6) is 0 Å². The third-order valence-electron chi connectivity index (χ3n) is 3.58. The van der Waals surface area contributed by atoms with Crippen LogP contribution in [0.1, 0.15) is 31.2 Å². The Morgan fingerprint density at radius 1 is 1.56 bits per heavy atom. The lowest BCUT2D eigenvalue weighted by molar-refractivity contribution is -0.0751. The number of nitrogen functional groups attached to an aromatic ring is 1. The largest absolute Gasteiger partial charge is 0.392 e. The highest BCUT2D eigenvalue weighted by Gasteiger charge is 2.38. The number of hydrogen-bond donors (Lipinski definition) is 2. The quantitative estimate of drug-likeness (QED) is 0.873. The molecule has 2 rings (SSSR count). The molecule has 1 heterocycles. The second kappa shape index (κ2) is 5.18. The predicted molar refractivity (Wildman–Crippen MR) is 65.3 cm³/mol. The second-order valence-electron chi connectivity index (χ2n) is 5.03. The number of aromatic nitrogens is 1. The van der Waals surface area contributed by atoms with Crippen molar-refractivity contribution in [1.82, 2.24) is 4.98 Å².